The lowest BCUT2D eigenvalue weighted by Gasteiger charge is -2.18. The van der Waals surface area contributed by atoms with Crippen molar-refractivity contribution in [2.24, 2.45) is 47.0 Å². The average molecular weight is 2120 g/mol. The molecule has 144 heavy (non-hydrogen) atoms. The van der Waals surface area contributed by atoms with Gasteiger partial charge in [0.2, 0.25) is 0 Å². The number of thiazole rings is 3. The number of nitrogens with zero attached hydrogens (tertiary/aromatic N) is 10. The Balaban J connectivity index is 0.000000768. The first-order valence-electron chi connectivity index (χ1n) is 50.5. The minimum absolute atomic E-state index is 0.0938. The fraction of sp³-hybridized carbons (Fsp3) is 0.561. The first kappa shape index (κ1) is 134. The lowest BCUT2D eigenvalue weighted by molar-refractivity contribution is 0.329. The summed E-state index contributed by atoms with van der Waals surface area (Å²) < 4.78 is 19.0. The zero-order chi connectivity index (χ0) is 110. The van der Waals surface area contributed by atoms with Crippen LogP contribution >= 0.6 is 90.9 Å². The van der Waals surface area contributed by atoms with Gasteiger partial charge in [-0.05, 0) is 166 Å². The van der Waals surface area contributed by atoms with E-state index in [4.69, 9.17) is 13.4 Å². The highest BCUT2D eigenvalue weighted by molar-refractivity contribution is 7.11. The SMILES string of the molecule is CC(C)(C)C1=CCC=C1.CC(C)(C)C1=CCC=C1.CC(C)(C)C1=NCC=C1.CC(C)(C)C1=NCC=C1.CC(C)(C)C1=NCC=N1.CC(C)(C)c1ccco1.CC(C)(C)c1cccs1.CC(C)(C)c1cccs1.CC(C)(C)c1cccs1.CC(C)(C)c1ccno1.CC(C)(C)c1ccoc1.CC(C)(C)c1ccsc1.CC(C)(C)c1cscn1.CC(C)(C)c1nccs1.CC(C)(C)c1nccs1.CC(C)(C)c1ncns1. The van der Waals surface area contributed by atoms with Crippen LogP contribution in [0.15, 0.2) is 264 Å². The highest BCUT2D eigenvalue weighted by atomic mass is 32.1. The third-order valence-electron chi connectivity index (χ3n) is 20.6. The van der Waals surface area contributed by atoms with Gasteiger partial charge in [0.25, 0.3) is 0 Å². The van der Waals surface area contributed by atoms with Crippen LogP contribution in [0.3, 0.4) is 0 Å². The van der Waals surface area contributed by atoms with E-state index in [0.29, 0.717) is 32.5 Å². The van der Waals surface area contributed by atoms with Crippen molar-refractivity contribution in [1.29, 1.82) is 0 Å². The van der Waals surface area contributed by atoms with Crippen molar-refractivity contribution in [1.82, 2.24) is 29.5 Å². The van der Waals surface area contributed by atoms with Crippen LogP contribution in [0, 0.1) is 27.1 Å². The fourth-order valence-corrected chi connectivity index (χ4v) is 17.7. The van der Waals surface area contributed by atoms with Crippen LogP contribution < -0.4 is 0 Å². The summed E-state index contributed by atoms with van der Waals surface area (Å²) in [5, 5.41) is 24.0. The Kier molecular flexibility index (Phi) is 56.6. The topological polar surface area (TPSA) is 166 Å². The molecule has 13 nitrogen and oxygen atoms in total. The van der Waals surface area contributed by atoms with Crippen LogP contribution in [0.4, 0.5) is 0 Å². The molecule has 0 atom stereocenters. The van der Waals surface area contributed by atoms with Crippen molar-refractivity contribution in [3.8, 4) is 0 Å². The molecule has 14 heterocycles. The summed E-state index contributed by atoms with van der Waals surface area (Å²) in [5.74, 6) is 2.95. The largest absolute Gasteiger partial charge is 0.472 e. The van der Waals surface area contributed by atoms with Gasteiger partial charge in [0.15, 0.2) is 0 Å². The van der Waals surface area contributed by atoms with E-state index in [9.17, 15) is 0 Å². The Morgan fingerprint density at radius 1 is 0.306 bits per heavy atom. The second kappa shape index (κ2) is 60.7. The van der Waals surface area contributed by atoms with Gasteiger partial charge in [-0.3, -0.25) is 15.0 Å². The van der Waals surface area contributed by atoms with Gasteiger partial charge in [0.1, 0.15) is 28.7 Å². The smallest absolute Gasteiger partial charge is 0.142 e. The Morgan fingerprint density at radius 3 is 0.896 bits per heavy atom. The number of aromatic nitrogens is 6. The Morgan fingerprint density at radius 2 is 0.743 bits per heavy atom. The minimum atomic E-state index is 0.0938. The molecule has 0 spiro atoms. The van der Waals surface area contributed by atoms with Crippen molar-refractivity contribution in [2.75, 3.05) is 19.6 Å². The second-order valence-corrected chi connectivity index (χ2v) is 58.8. The van der Waals surface area contributed by atoms with Crippen LogP contribution in [0.5, 0.6) is 0 Å². The number of thiophene rings is 4. The van der Waals surface area contributed by atoms with E-state index < -0.39 is 0 Å². The van der Waals surface area contributed by atoms with Crippen molar-refractivity contribution in [2.45, 2.75) is 405 Å². The first-order valence-corrected chi connectivity index (χ1v) is 57.6. The van der Waals surface area contributed by atoms with E-state index in [1.165, 1.54) is 75.6 Å². The van der Waals surface area contributed by atoms with E-state index in [1.807, 2.05) is 93.2 Å². The van der Waals surface area contributed by atoms with Gasteiger partial charge in [0.05, 0.1) is 65.8 Å². The van der Waals surface area contributed by atoms with E-state index in [0.717, 1.165) is 54.8 Å². The molecule has 0 saturated heterocycles. The molecule has 11 aromatic rings. The Hall–Kier alpha value is -7.86. The number of allylic oxidation sites excluding steroid dienone is 10. The zero-order valence-corrected chi connectivity index (χ0v) is 105. The standard InChI is InChI=1S/2C9H14.2C8H13N.2C8H12O.4C8H12S.C7H12N2.C7H11NO.3C7H11NS.C6H10N2S/c2*1-9(2,3)8-6-4-5-7-8;2*1-8(2,3)7-5-4-6-9-7;1-8(2,3)7-4-5-9-6-7;1-8(2,3)7-5-4-6-9-7;1-8(2,3)7-4-5-9-6-7;3*1-8(2,3)7-5-4-6-9-7;1-7(2,3)6-8-4-5-9-6;1-7(2,3)6-4-5-8-9-6;1-7(2,3)6-4-9-5-8-6;2*1-7(2,3)6-8-4-5-9-6;1-6(2,3)5-7-4-8-9-5/h2*4,6-7H,5H2,1-3H3;2*4-5H,6H2,1-3H3;6*4-6H,1-3H3;4H,5H2,1-3H3;4*4-5H,1-3H3;4H,1-3H3. The maximum absolute atomic E-state index is 5.20. The lowest BCUT2D eigenvalue weighted by Crippen LogP contribution is -2.16. The fourth-order valence-electron chi connectivity index (χ4n) is 11.5. The predicted molar refractivity (Wildman–Crippen MR) is 648 cm³/mol. The van der Waals surface area contributed by atoms with Crippen LogP contribution in [0.2, 0.25) is 0 Å². The van der Waals surface area contributed by atoms with Crippen LogP contribution in [0.1, 0.15) is 403 Å². The molecule has 0 N–H and O–H groups in total. The summed E-state index contributed by atoms with van der Waals surface area (Å²) >= 11 is 13.8. The molecule has 0 fully saturated rings. The summed E-state index contributed by atoms with van der Waals surface area (Å²) in [7, 11) is 0. The van der Waals surface area contributed by atoms with Gasteiger partial charge in [0, 0.05) is 116 Å². The van der Waals surface area contributed by atoms with Gasteiger partial charge < -0.3 is 13.4 Å². The lowest BCUT2D eigenvalue weighted by atomic mass is 9.87. The summed E-state index contributed by atoms with van der Waals surface area (Å²) in [6, 6.07) is 22.9. The molecule has 0 saturated carbocycles. The molecule has 3 aliphatic heterocycles. The van der Waals surface area contributed by atoms with E-state index >= 15 is 0 Å². The molecule has 5 aliphatic rings. The zero-order valence-electron chi connectivity index (χ0n) is 98.4. The summed E-state index contributed by atoms with van der Waals surface area (Å²) in [6.45, 7) is 107. The van der Waals surface area contributed by atoms with Gasteiger partial charge in [-0.2, -0.15) is 15.7 Å². The maximum atomic E-state index is 5.20. The molecule has 0 radical (unpaired) electrons. The van der Waals surface area contributed by atoms with Gasteiger partial charge in [-0.15, -0.1) is 68.0 Å². The molecule has 11 aromatic heterocycles. The molecule has 21 heteroatoms. The van der Waals surface area contributed by atoms with Crippen molar-refractivity contribution in [3.63, 3.8) is 0 Å². The van der Waals surface area contributed by atoms with Crippen LogP contribution in [0.25, 0.3) is 0 Å². The maximum Gasteiger partial charge on any atom is 0.142 e. The van der Waals surface area contributed by atoms with Gasteiger partial charge >= 0.3 is 0 Å². The Bertz CT molecular complexity index is 4340. The molecular weight excluding hydrogens is 1920 g/mol. The number of hydrogen-bond donors (Lipinski definition) is 0. The number of furan rings is 2. The predicted octanol–water partition coefficient (Wildman–Crippen LogP) is 39.9. The van der Waals surface area contributed by atoms with Crippen LogP contribution in [-0.4, -0.2) is 72.6 Å². The van der Waals surface area contributed by atoms with Crippen molar-refractivity contribution in [3.05, 3.63) is 289 Å². The normalized spacial score (nSPS) is 13.9. The molecule has 0 amide bonds. The molecule has 0 unspecified atom stereocenters. The molecule has 2 aliphatic carbocycles. The van der Waals surface area contributed by atoms with Crippen molar-refractivity contribution >= 4 is 114 Å². The molecule has 800 valence electrons. The first-order chi connectivity index (χ1) is 65.7. The molecular formula is C123H192N10O3S8. The molecule has 0 aromatic carbocycles. The highest BCUT2D eigenvalue weighted by Gasteiger charge is 2.26. The number of aliphatic imine (C=N–C) groups is 4. The number of hydrogen-bond acceptors (Lipinski definition) is 21. The number of amidine groups is 1. The van der Waals surface area contributed by atoms with Gasteiger partial charge in [-0.25, -0.2) is 24.9 Å². The van der Waals surface area contributed by atoms with E-state index in [1.54, 1.807) is 76.7 Å². The van der Waals surface area contributed by atoms with Crippen LogP contribution in [-0.2, 0) is 59.6 Å². The van der Waals surface area contributed by atoms with E-state index in [2.05, 4.69) is 517 Å². The summed E-state index contributed by atoms with van der Waals surface area (Å²) in [6.07, 6.45) is 38.2. The Labute approximate surface area is 909 Å². The van der Waals surface area contributed by atoms with Gasteiger partial charge in [-0.1, -0.05) is 404 Å². The third kappa shape index (κ3) is 59.4. The second-order valence-electron chi connectivity index (χ2n) is 51.9. The molecule has 0 bridgehead atoms. The highest BCUT2D eigenvalue weighted by Crippen LogP contribution is 2.35. The quantitative estimate of drug-likeness (QED) is 0.144. The minimum Gasteiger partial charge on any atom is -0.472 e. The monoisotopic (exact) mass is 2110 g/mol. The summed E-state index contributed by atoms with van der Waals surface area (Å²) in [4.78, 5) is 38.1. The third-order valence-corrected chi connectivity index (χ3v) is 29.3. The molecule has 16 rings (SSSR count). The van der Waals surface area contributed by atoms with E-state index in [-0.39, 0.29) is 54.1 Å². The number of rotatable bonds is 0. The average Bonchev–Trinajstić information content (AvgIpc) is 1.86. The van der Waals surface area contributed by atoms with Crippen molar-refractivity contribution < 1.29 is 13.4 Å². The summed E-state index contributed by atoms with van der Waals surface area (Å²) in [5.41, 5.74) is 15.2.